The van der Waals surface area contributed by atoms with Crippen molar-refractivity contribution in [3.05, 3.63) is 0 Å². The van der Waals surface area contributed by atoms with Gasteiger partial charge in [-0.1, -0.05) is 0 Å². The number of nitrogens with zero attached hydrogens (tertiary/aromatic N) is 1. The zero-order chi connectivity index (χ0) is 9.68. The third kappa shape index (κ3) is 2.55. The Bertz CT molecular complexity index is 244. The molecule has 1 N–H and O–H groups in total. The Morgan fingerprint density at radius 1 is 1.77 bits per heavy atom. The van der Waals surface area contributed by atoms with Crippen LogP contribution in [0, 0.1) is 23.2 Å². The number of rotatable bonds is 4. The van der Waals surface area contributed by atoms with Gasteiger partial charge in [-0.2, -0.15) is 5.26 Å². The van der Waals surface area contributed by atoms with Gasteiger partial charge in [0.15, 0.2) is 0 Å². The Hall–Kier alpha value is -1.37. The standard InChI is InChI=1S/C9H12N2O2/c10-6-7(2-4-12)5-8-1-3-11-9(8)13/h4,7-8H,1-3,5H2,(H,11,13). The highest BCUT2D eigenvalue weighted by Gasteiger charge is 2.26. The number of amides is 1. The molecule has 0 aromatic heterocycles. The summed E-state index contributed by atoms with van der Waals surface area (Å²) in [5.74, 6) is -0.345. The van der Waals surface area contributed by atoms with Gasteiger partial charge in [0.1, 0.15) is 6.29 Å². The molecule has 1 fully saturated rings. The van der Waals surface area contributed by atoms with E-state index in [2.05, 4.69) is 5.32 Å². The van der Waals surface area contributed by atoms with Gasteiger partial charge in [-0.05, 0) is 12.8 Å². The van der Waals surface area contributed by atoms with E-state index in [0.717, 1.165) is 12.7 Å². The molecule has 2 atom stereocenters. The van der Waals surface area contributed by atoms with Gasteiger partial charge < -0.3 is 10.1 Å². The molecule has 4 heteroatoms. The summed E-state index contributed by atoms with van der Waals surface area (Å²) in [6.45, 7) is 0.697. The van der Waals surface area contributed by atoms with Crippen LogP contribution < -0.4 is 5.32 Å². The van der Waals surface area contributed by atoms with Crippen molar-refractivity contribution >= 4 is 12.2 Å². The van der Waals surface area contributed by atoms with Crippen LogP contribution in [0.4, 0.5) is 0 Å². The smallest absolute Gasteiger partial charge is 0.223 e. The van der Waals surface area contributed by atoms with Gasteiger partial charge in [-0.15, -0.1) is 0 Å². The van der Waals surface area contributed by atoms with Crippen LogP contribution in [0.25, 0.3) is 0 Å². The minimum Gasteiger partial charge on any atom is -0.356 e. The van der Waals surface area contributed by atoms with Gasteiger partial charge in [0.25, 0.3) is 0 Å². The van der Waals surface area contributed by atoms with Crippen molar-refractivity contribution in [3.63, 3.8) is 0 Å². The molecule has 0 aromatic carbocycles. The zero-order valence-corrected chi connectivity index (χ0v) is 7.32. The second kappa shape index (κ2) is 4.61. The SMILES string of the molecule is N#CC(CC=O)CC1CCNC1=O. The third-order valence-electron chi connectivity index (χ3n) is 2.30. The molecular formula is C9H12N2O2. The molecule has 1 amide bonds. The highest BCUT2D eigenvalue weighted by atomic mass is 16.2. The predicted octanol–water partition coefficient (Wildman–Crippen LogP) is 0.241. The first kappa shape index (κ1) is 9.72. The largest absolute Gasteiger partial charge is 0.356 e. The maximum absolute atomic E-state index is 11.1. The average molecular weight is 180 g/mol. The molecule has 4 nitrogen and oxygen atoms in total. The lowest BCUT2D eigenvalue weighted by Gasteiger charge is -2.08. The van der Waals surface area contributed by atoms with Crippen LogP contribution in [0.2, 0.25) is 0 Å². The second-order valence-corrected chi connectivity index (χ2v) is 3.24. The predicted molar refractivity (Wildman–Crippen MR) is 45.5 cm³/mol. The maximum Gasteiger partial charge on any atom is 0.223 e. The quantitative estimate of drug-likeness (QED) is 0.630. The highest BCUT2D eigenvalue weighted by Crippen LogP contribution is 2.20. The van der Waals surface area contributed by atoms with E-state index < -0.39 is 0 Å². The number of hydrogen-bond donors (Lipinski definition) is 1. The van der Waals surface area contributed by atoms with Gasteiger partial charge in [-0.3, -0.25) is 4.79 Å². The fraction of sp³-hybridized carbons (Fsp3) is 0.667. The van der Waals surface area contributed by atoms with E-state index in [9.17, 15) is 9.59 Å². The summed E-state index contributed by atoms with van der Waals surface area (Å²) in [4.78, 5) is 21.3. The normalized spacial score (nSPS) is 23.3. The monoisotopic (exact) mass is 180 g/mol. The minimum absolute atomic E-state index is 0.0196. The number of carbonyl (C=O) groups is 2. The summed E-state index contributed by atoms with van der Waals surface area (Å²) < 4.78 is 0. The Labute approximate surface area is 76.9 Å². The minimum atomic E-state index is -0.300. The summed E-state index contributed by atoms with van der Waals surface area (Å²) in [6.07, 6.45) is 2.28. The van der Waals surface area contributed by atoms with E-state index in [1.54, 1.807) is 0 Å². The average Bonchev–Trinajstić information content (AvgIpc) is 2.51. The van der Waals surface area contributed by atoms with E-state index in [-0.39, 0.29) is 24.2 Å². The molecule has 1 aliphatic heterocycles. The van der Waals surface area contributed by atoms with Crippen LogP contribution in [0.15, 0.2) is 0 Å². The first-order valence-electron chi connectivity index (χ1n) is 4.39. The molecule has 0 radical (unpaired) electrons. The molecular weight excluding hydrogens is 168 g/mol. The lowest BCUT2D eigenvalue weighted by molar-refractivity contribution is -0.123. The van der Waals surface area contributed by atoms with Crippen molar-refractivity contribution < 1.29 is 9.59 Å². The molecule has 1 rings (SSSR count). The Morgan fingerprint density at radius 2 is 2.54 bits per heavy atom. The molecule has 0 spiro atoms. The van der Waals surface area contributed by atoms with E-state index in [4.69, 9.17) is 5.26 Å². The lowest BCUT2D eigenvalue weighted by Crippen LogP contribution is -2.20. The van der Waals surface area contributed by atoms with Crippen LogP contribution in [0.5, 0.6) is 0 Å². The Balaban J connectivity index is 2.41. The molecule has 2 unspecified atom stereocenters. The Kier molecular flexibility index (Phi) is 3.44. The van der Waals surface area contributed by atoms with Gasteiger partial charge in [0.05, 0.1) is 12.0 Å². The van der Waals surface area contributed by atoms with Gasteiger partial charge >= 0.3 is 0 Å². The van der Waals surface area contributed by atoms with Crippen molar-refractivity contribution in [1.82, 2.24) is 5.32 Å². The van der Waals surface area contributed by atoms with Crippen LogP contribution in [0.3, 0.4) is 0 Å². The molecule has 1 saturated heterocycles. The van der Waals surface area contributed by atoms with Crippen molar-refractivity contribution in [2.45, 2.75) is 19.3 Å². The number of carbonyl (C=O) groups excluding carboxylic acids is 2. The van der Waals surface area contributed by atoms with Crippen LogP contribution in [0.1, 0.15) is 19.3 Å². The fourth-order valence-corrected chi connectivity index (χ4v) is 1.53. The molecule has 13 heavy (non-hydrogen) atoms. The van der Waals surface area contributed by atoms with Crippen LogP contribution >= 0.6 is 0 Å². The van der Waals surface area contributed by atoms with Gasteiger partial charge in [0.2, 0.25) is 5.91 Å². The fourth-order valence-electron chi connectivity index (χ4n) is 1.53. The van der Waals surface area contributed by atoms with E-state index in [1.807, 2.05) is 6.07 Å². The number of nitriles is 1. The van der Waals surface area contributed by atoms with Gasteiger partial charge in [-0.25, -0.2) is 0 Å². The summed E-state index contributed by atoms with van der Waals surface area (Å²) >= 11 is 0. The molecule has 0 aromatic rings. The first-order chi connectivity index (χ1) is 6.27. The molecule has 0 saturated carbocycles. The topological polar surface area (TPSA) is 70.0 Å². The maximum atomic E-state index is 11.1. The van der Waals surface area contributed by atoms with E-state index in [0.29, 0.717) is 13.0 Å². The number of hydrogen-bond acceptors (Lipinski definition) is 3. The molecule has 1 heterocycles. The van der Waals surface area contributed by atoms with E-state index >= 15 is 0 Å². The summed E-state index contributed by atoms with van der Waals surface area (Å²) in [6, 6.07) is 2.04. The summed E-state index contributed by atoms with van der Waals surface area (Å²) in [5, 5.41) is 11.4. The van der Waals surface area contributed by atoms with Crippen molar-refractivity contribution in [2.75, 3.05) is 6.54 Å². The molecule has 70 valence electrons. The molecule has 0 aliphatic carbocycles. The molecule has 1 aliphatic rings. The zero-order valence-electron chi connectivity index (χ0n) is 7.32. The first-order valence-corrected chi connectivity index (χ1v) is 4.39. The number of aldehydes is 1. The number of nitrogens with one attached hydrogen (secondary N) is 1. The lowest BCUT2D eigenvalue weighted by atomic mass is 9.92. The van der Waals surface area contributed by atoms with Crippen LogP contribution in [-0.4, -0.2) is 18.7 Å². The van der Waals surface area contributed by atoms with Crippen molar-refractivity contribution in [1.29, 1.82) is 5.26 Å². The summed E-state index contributed by atoms with van der Waals surface area (Å²) in [5.41, 5.74) is 0. The second-order valence-electron chi connectivity index (χ2n) is 3.24. The highest BCUT2D eigenvalue weighted by molar-refractivity contribution is 5.80. The Morgan fingerprint density at radius 3 is 3.00 bits per heavy atom. The summed E-state index contributed by atoms with van der Waals surface area (Å²) in [7, 11) is 0. The van der Waals surface area contributed by atoms with Gasteiger partial charge in [0, 0.05) is 18.9 Å². The van der Waals surface area contributed by atoms with E-state index in [1.165, 1.54) is 0 Å². The van der Waals surface area contributed by atoms with Crippen LogP contribution in [-0.2, 0) is 9.59 Å². The van der Waals surface area contributed by atoms with Crippen molar-refractivity contribution in [2.24, 2.45) is 11.8 Å². The molecule has 0 bridgehead atoms. The third-order valence-corrected chi connectivity index (χ3v) is 2.30. The van der Waals surface area contributed by atoms with Crippen molar-refractivity contribution in [3.8, 4) is 6.07 Å².